The molecule has 4 nitrogen and oxygen atoms in total. The second-order valence-corrected chi connectivity index (χ2v) is 15.3. The number of aliphatic imine (C=N–C) groups is 3. The molecule has 4 aliphatic rings. The topological polar surface area (TPSA) is 50.2 Å². The number of fused-ring (bicyclic) bond motifs is 4. The molecule has 0 amide bonds. The minimum atomic E-state index is -0.00853. The van der Waals surface area contributed by atoms with Gasteiger partial charge in [-0.2, -0.15) is 0 Å². The average Bonchev–Trinajstić information content (AvgIpc) is 3.83. The predicted octanol–water partition coefficient (Wildman–Crippen LogP) is 11.7. The van der Waals surface area contributed by atoms with Crippen molar-refractivity contribution < 1.29 is 4.42 Å². The van der Waals surface area contributed by atoms with Gasteiger partial charge in [0, 0.05) is 45.9 Å². The number of furan rings is 1. The molecule has 0 saturated carbocycles. The summed E-state index contributed by atoms with van der Waals surface area (Å²) in [4.78, 5) is 15.6. The van der Waals surface area contributed by atoms with Gasteiger partial charge < -0.3 is 4.42 Å². The normalized spacial score (nSPS) is 23.8. The Morgan fingerprint density at radius 3 is 2.10 bits per heavy atom. The fraction of sp³-hybridized carbons (Fsp3) is 0.170. The van der Waals surface area contributed by atoms with Crippen LogP contribution in [0.3, 0.4) is 0 Å². The van der Waals surface area contributed by atoms with Crippen LogP contribution in [0.4, 0.5) is 0 Å². The molecule has 52 heavy (non-hydrogen) atoms. The van der Waals surface area contributed by atoms with Gasteiger partial charge in [-0.05, 0) is 53.3 Å². The van der Waals surface area contributed by atoms with E-state index in [1.54, 1.807) is 0 Å². The Hall–Kier alpha value is -5.52. The summed E-state index contributed by atoms with van der Waals surface area (Å²) in [5.74, 6) is 1.57. The SMILES string of the molecule is C1=CC2N=C(c3ccc(C4=NC(c5ccc(-c6ccc7c(c6)oc6ccccc67)cc5)CC(C5C=CC(c6ccccc6)CC5)=N4)cc3)SC2C=C1. The largest absolute Gasteiger partial charge is 0.456 e. The number of thioether (sulfide) groups is 1. The van der Waals surface area contributed by atoms with Gasteiger partial charge >= 0.3 is 0 Å². The van der Waals surface area contributed by atoms with Crippen LogP contribution in [0, 0.1) is 5.92 Å². The fourth-order valence-electron chi connectivity index (χ4n) is 8.05. The Morgan fingerprint density at radius 2 is 1.27 bits per heavy atom. The van der Waals surface area contributed by atoms with Crippen molar-refractivity contribution in [1.82, 2.24) is 0 Å². The third-order valence-electron chi connectivity index (χ3n) is 10.9. The van der Waals surface area contributed by atoms with Crippen molar-refractivity contribution in [3.63, 3.8) is 0 Å². The van der Waals surface area contributed by atoms with Crippen LogP contribution in [-0.4, -0.2) is 27.9 Å². The molecule has 0 fully saturated rings. The van der Waals surface area contributed by atoms with Crippen molar-refractivity contribution in [3.8, 4) is 11.1 Å². The lowest BCUT2D eigenvalue weighted by molar-refractivity contribution is 0.586. The van der Waals surface area contributed by atoms with E-state index in [-0.39, 0.29) is 12.1 Å². The van der Waals surface area contributed by atoms with Gasteiger partial charge in [0.1, 0.15) is 11.2 Å². The minimum Gasteiger partial charge on any atom is -0.456 e. The van der Waals surface area contributed by atoms with Gasteiger partial charge in [0.15, 0.2) is 5.84 Å². The summed E-state index contributed by atoms with van der Waals surface area (Å²) in [6, 6.07) is 43.5. The third kappa shape index (κ3) is 5.89. The van der Waals surface area contributed by atoms with Crippen molar-refractivity contribution in [2.75, 3.05) is 0 Å². The smallest absolute Gasteiger partial charge is 0.155 e. The number of benzene rings is 5. The monoisotopic (exact) mass is 691 g/mol. The number of rotatable bonds is 6. The van der Waals surface area contributed by atoms with E-state index in [9.17, 15) is 0 Å². The summed E-state index contributed by atoms with van der Waals surface area (Å²) in [6.45, 7) is 0. The second-order valence-electron chi connectivity index (χ2n) is 14.1. The Labute approximate surface area is 308 Å². The Balaban J connectivity index is 0.949. The quantitative estimate of drug-likeness (QED) is 0.163. The van der Waals surface area contributed by atoms with Gasteiger partial charge in [-0.1, -0.05) is 151 Å². The number of hydrogen-bond donors (Lipinski definition) is 0. The van der Waals surface area contributed by atoms with E-state index in [4.69, 9.17) is 19.4 Å². The van der Waals surface area contributed by atoms with Crippen LogP contribution >= 0.6 is 11.8 Å². The summed E-state index contributed by atoms with van der Waals surface area (Å²) in [5, 5.41) is 3.79. The highest BCUT2D eigenvalue weighted by atomic mass is 32.2. The maximum atomic E-state index is 6.20. The Morgan fingerprint density at radius 1 is 0.558 bits per heavy atom. The van der Waals surface area contributed by atoms with Crippen LogP contribution in [0.25, 0.3) is 33.1 Å². The van der Waals surface area contributed by atoms with Crippen LogP contribution in [0.5, 0.6) is 0 Å². The lowest BCUT2D eigenvalue weighted by atomic mass is 9.80. The number of hydrogen-bond acceptors (Lipinski definition) is 5. The van der Waals surface area contributed by atoms with Crippen LogP contribution in [-0.2, 0) is 0 Å². The molecule has 0 spiro atoms. The van der Waals surface area contributed by atoms with Crippen molar-refractivity contribution in [1.29, 1.82) is 0 Å². The third-order valence-corrected chi connectivity index (χ3v) is 12.2. The molecule has 5 aromatic carbocycles. The highest BCUT2D eigenvalue weighted by Crippen LogP contribution is 2.38. The predicted molar refractivity (Wildman–Crippen MR) is 218 cm³/mol. The Bertz CT molecular complexity index is 2480. The molecule has 2 aliphatic heterocycles. The summed E-state index contributed by atoms with van der Waals surface area (Å²) in [6.07, 6.45) is 16.5. The van der Waals surface area contributed by atoms with Crippen LogP contribution in [0.2, 0.25) is 0 Å². The average molecular weight is 692 g/mol. The number of nitrogens with zero attached hydrogens (tertiary/aromatic N) is 3. The number of amidine groups is 1. The van der Waals surface area contributed by atoms with E-state index >= 15 is 0 Å². The zero-order chi connectivity index (χ0) is 34.4. The first-order valence-electron chi connectivity index (χ1n) is 18.3. The molecule has 2 aliphatic carbocycles. The molecule has 5 heteroatoms. The molecule has 5 unspecified atom stereocenters. The van der Waals surface area contributed by atoms with Gasteiger partial charge in [-0.3, -0.25) is 9.98 Å². The lowest BCUT2D eigenvalue weighted by Gasteiger charge is -2.28. The first-order chi connectivity index (χ1) is 25.7. The second kappa shape index (κ2) is 13.2. The van der Waals surface area contributed by atoms with Gasteiger partial charge in [0.25, 0.3) is 0 Å². The van der Waals surface area contributed by atoms with Crippen molar-refractivity contribution in [2.24, 2.45) is 20.9 Å². The van der Waals surface area contributed by atoms with E-state index < -0.39 is 0 Å². The molecular weight excluding hydrogens is 655 g/mol. The standard InChI is InChI=1S/C47H37N3OS/c1-2-8-30(9-3-1)31-14-18-33(19-15-31)41-29-42(49-46(48-41)35-22-24-36(25-23-35)47-50-40-11-5-7-13-45(40)52-47)34-20-16-32(17-21-34)37-26-27-39-38-10-4-6-12-43(38)51-44(39)28-37/h1-14,16-18,20-28,31,33,40,42,45H,15,19,29H2. The molecule has 252 valence electrons. The van der Waals surface area contributed by atoms with Crippen molar-refractivity contribution in [3.05, 3.63) is 180 Å². The van der Waals surface area contributed by atoms with E-state index in [0.717, 1.165) is 74.3 Å². The molecule has 0 N–H and O–H groups in total. The summed E-state index contributed by atoms with van der Waals surface area (Å²) in [5.41, 5.74) is 10.2. The molecule has 3 heterocycles. The van der Waals surface area contributed by atoms with Crippen LogP contribution in [0.1, 0.15) is 53.5 Å². The van der Waals surface area contributed by atoms with Gasteiger partial charge in [-0.25, -0.2) is 4.99 Å². The lowest BCUT2D eigenvalue weighted by Crippen LogP contribution is -2.24. The molecular formula is C47H37N3OS. The molecule has 10 rings (SSSR count). The van der Waals surface area contributed by atoms with E-state index in [2.05, 4.69) is 146 Å². The Kier molecular flexibility index (Phi) is 7.94. The summed E-state index contributed by atoms with van der Waals surface area (Å²) < 4.78 is 6.20. The van der Waals surface area contributed by atoms with Gasteiger partial charge in [-0.15, -0.1) is 0 Å². The van der Waals surface area contributed by atoms with Gasteiger partial charge in [0.2, 0.25) is 0 Å². The number of para-hydroxylation sites is 1. The van der Waals surface area contributed by atoms with Crippen LogP contribution in [0.15, 0.2) is 177 Å². The molecule has 0 radical (unpaired) electrons. The van der Waals surface area contributed by atoms with Crippen LogP contribution < -0.4 is 0 Å². The minimum absolute atomic E-state index is 0.00853. The first-order valence-corrected chi connectivity index (χ1v) is 19.2. The molecule has 0 bridgehead atoms. The molecule has 5 atom stereocenters. The first kappa shape index (κ1) is 31.2. The molecule has 1 aromatic heterocycles. The highest BCUT2D eigenvalue weighted by Gasteiger charge is 2.30. The highest BCUT2D eigenvalue weighted by molar-refractivity contribution is 8.15. The summed E-state index contributed by atoms with van der Waals surface area (Å²) in [7, 11) is 0. The van der Waals surface area contributed by atoms with Crippen molar-refractivity contribution >= 4 is 50.3 Å². The number of allylic oxidation sites excluding steroid dienone is 4. The van der Waals surface area contributed by atoms with Gasteiger partial charge in [0.05, 0.1) is 22.4 Å². The maximum absolute atomic E-state index is 6.20. The van der Waals surface area contributed by atoms with E-state index in [0.29, 0.717) is 17.1 Å². The zero-order valence-corrected chi connectivity index (χ0v) is 29.5. The van der Waals surface area contributed by atoms with Crippen molar-refractivity contribution in [2.45, 2.75) is 42.5 Å². The molecule has 6 aromatic rings. The summed E-state index contributed by atoms with van der Waals surface area (Å²) >= 11 is 1.85. The van der Waals surface area contributed by atoms with E-state index in [1.807, 2.05) is 23.9 Å². The van der Waals surface area contributed by atoms with E-state index in [1.165, 1.54) is 16.8 Å². The zero-order valence-electron chi connectivity index (χ0n) is 28.7. The fourth-order valence-corrected chi connectivity index (χ4v) is 9.22. The maximum Gasteiger partial charge on any atom is 0.155 e. The molecule has 0 saturated heterocycles.